The molecule has 102 valence electrons. The van der Waals surface area contributed by atoms with Crippen LogP contribution >= 0.6 is 0 Å². The van der Waals surface area contributed by atoms with Crippen LogP contribution in [-0.4, -0.2) is 30.1 Å². The Hall–Kier alpha value is -0.290. The lowest BCUT2D eigenvalue weighted by Gasteiger charge is -2.36. The number of hydrogen-bond donors (Lipinski definition) is 1. The Labute approximate surface area is 100 Å². The number of halogens is 3. The van der Waals surface area contributed by atoms with E-state index in [4.69, 9.17) is 4.74 Å². The minimum absolute atomic E-state index is 0.0327. The fourth-order valence-corrected chi connectivity index (χ4v) is 2.56. The number of rotatable bonds is 4. The van der Waals surface area contributed by atoms with Crippen molar-refractivity contribution in [2.75, 3.05) is 6.61 Å². The summed E-state index contributed by atoms with van der Waals surface area (Å²) >= 11 is 0. The van der Waals surface area contributed by atoms with Gasteiger partial charge in [0.15, 0.2) is 0 Å². The number of ether oxygens (including phenoxy) is 1. The summed E-state index contributed by atoms with van der Waals surface area (Å²) in [6, 6.07) is 0. The van der Waals surface area contributed by atoms with E-state index in [1.807, 2.05) is 6.92 Å². The van der Waals surface area contributed by atoms with Crippen molar-refractivity contribution in [2.45, 2.75) is 57.9 Å². The van der Waals surface area contributed by atoms with Gasteiger partial charge in [0.1, 0.15) is 0 Å². The summed E-state index contributed by atoms with van der Waals surface area (Å²) in [4.78, 5) is 0. The van der Waals surface area contributed by atoms with E-state index in [1.54, 1.807) is 0 Å². The SMILES string of the molecule is CC1CC(C)C(OCCCC(F)(F)F)C(O)C1. The van der Waals surface area contributed by atoms with Crippen molar-refractivity contribution >= 4 is 0 Å². The average Bonchev–Trinajstić information content (AvgIpc) is 2.13. The van der Waals surface area contributed by atoms with E-state index in [9.17, 15) is 18.3 Å². The highest BCUT2D eigenvalue weighted by atomic mass is 19.4. The molecule has 4 atom stereocenters. The minimum atomic E-state index is -4.12. The molecule has 1 aliphatic rings. The lowest BCUT2D eigenvalue weighted by Crippen LogP contribution is -2.41. The Kier molecular flexibility index (Phi) is 5.25. The van der Waals surface area contributed by atoms with E-state index in [1.165, 1.54) is 0 Å². The molecule has 1 N–H and O–H groups in total. The van der Waals surface area contributed by atoms with Gasteiger partial charge < -0.3 is 9.84 Å². The molecule has 1 rings (SSSR count). The van der Waals surface area contributed by atoms with Gasteiger partial charge in [0.2, 0.25) is 0 Å². The van der Waals surface area contributed by atoms with Crippen LogP contribution in [0.1, 0.15) is 39.5 Å². The number of alkyl halides is 3. The topological polar surface area (TPSA) is 29.5 Å². The molecule has 0 aliphatic heterocycles. The summed E-state index contributed by atoms with van der Waals surface area (Å²) < 4.78 is 41.2. The smallest absolute Gasteiger partial charge is 0.389 e. The summed E-state index contributed by atoms with van der Waals surface area (Å²) in [5, 5.41) is 9.82. The highest BCUT2D eigenvalue weighted by Crippen LogP contribution is 2.31. The quantitative estimate of drug-likeness (QED) is 0.781. The Balaban J connectivity index is 2.26. The number of aliphatic hydroxyl groups is 1. The normalized spacial score (nSPS) is 34.9. The van der Waals surface area contributed by atoms with Gasteiger partial charge in [-0.1, -0.05) is 13.8 Å². The fraction of sp³-hybridized carbons (Fsp3) is 1.00. The second-order valence-electron chi connectivity index (χ2n) is 5.18. The molecular formula is C12H21F3O2. The molecule has 0 spiro atoms. The van der Waals surface area contributed by atoms with Crippen molar-refractivity contribution in [1.29, 1.82) is 0 Å². The van der Waals surface area contributed by atoms with Gasteiger partial charge in [-0.25, -0.2) is 0 Å². The molecule has 0 saturated heterocycles. The Bertz CT molecular complexity index is 218. The highest BCUT2D eigenvalue weighted by Gasteiger charge is 2.33. The Morgan fingerprint density at radius 1 is 1.24 bits per heavy atom. The Morgan fingerprint density at radius 2 is 1.88 bits per heavy atom. The van der Waals surface area contributed by atoms with Gasteiger partial charge in [-0.15, -0.1) is 0 Å². The molecule has 17 heavy (non-hydrogen) atoms. The summed E-state index contributed by atoms with van der Waals surface area (Å²) in [5.41, 5.74) is 0. The first-order valence-corrected chi connectivity index (χ1v) is 6.16. The third-order valence-corrected chi connectivity index (χ3v) is 3.27. The summed E-state index contributed by atoms with van der Waals surface area (Å²) in [7, 11) is 0. The summed E-state index contributed by atoms with van der Waals surface area (Å²) in [5.74, 6) is 0.662. The molecule has 5 heteroatoms. The van der Waals surface area contributed by atoms with Crippen molar-refractivity contribution in [2.24, 2.45) is 11.8 Å². The molecule has 0 bridgehead atoms. The third-order valence-electron chi connectivity index (χ3n) is 3.27. The third kappa shape index (κ3) is 5.25. The van der Waals surface area contributed by atoms with Crippen LogP contribution in [0.2, 0.25) is 0 Å². The monoisotopic (exact) mass is 254 g/mol. The first-order valence-electron chi connectivity index (χ1n) is 6.16. The lowest BCUT2D eigenvalue weighted by molar-refractivity contribution is -0.144. The number of aliphatic hydroxyl groups excluding tert-OH is 1. The first-order chi connectivity index (χ1) is 7.79. The lowest BCUT2D eigenvalue weighted by atomic mass is 9.79. The van der Waals surface area contributed by atoms with Crippen LogP contribution in [0.25, 0.3) is 0 Å². The Morgan fingerprint density at radius 3 is 2.41 bits per heavy atom. The van der Waals surface area contributed by atoms with Crippen molar-refractivity contribution in [3.05, 3.63) is 0 Å². The van der Waals surface area contributed by atoms with Gasteiger partial charge in [-0.2, -0.15) is 13.2 Å². The van der Waals surface area contributed by atoms with Crippen LogP contribution < -0.4 is 0 Å². The maximum Gasteiger partial charge on any atom is 0.389 e. The summed E-state index contributed by atoms with van der Waals surface area (Å²) in [6.07, 6.45) is -4.18. The van der Waals surface area contributed by atoms with Crippen molar-refractivity contribution in [1.82, 2.24) is 0 Å². The summed E-state index contributed by atoms with van der Waals surface area (Å²) in [6.45, 7) is 4.12. The van der Waals surface area contributed by atoms with E-state index in [2.05, 4.69) is 6.92 Å². The van der Waals surface area contributed by atoms with Crippen molar-refractivity contribution in [3.8, 4) is 0 Å². The van der Waals surface area contributed by atoms with Gasteiger partial charge in [0, 0.05) is 13.0 Å². The van der Waals surface area contributed by atoms with Crippen molar-refractivity contribution in [3.63, 3.8) is 0 Å². The molecule has 2 nitrogen and oxygen atoms in total. The second-order valence-corrected chi connectivity index (χ2v) is 5.18. The van der Waals surface area contributed by atoms with Gasteiger partial charge in [0.05, 0.1) is 12.2 Å². The predicted molar refractivity (Wildman–Crippen MR) is 58.6 cm³/mol. The van der Waals surface area contributed by atoms with Crippen LogP contribution in [-0.2, 0) is 4.74 Å². The second kappa shape index (κ2) is 6.05. The van der Waals surface area contributed by atoms with E-state index in [-0.39, 0.29) is 25.0 Å². The van der Waals surface area contributed by atoms with Crippen LogP contribution in [0.3, 0.4) is 0 Å². The molecule has 4 unspecified atom stereocenters. The largest absolute Gasteiger partial charge is 0.390 e. The molecule has 1 fully saturated rings. The maximum atomic E-state index is 11.9. The molecule has 0 amide bonds. The average molecular weight is 254 g/mol. The van der Waals surface area contributed by atoms with Crippen LogP contribution in [0.5, 0.6) is 0 Å². The van der Waals surface area contributed by atoms with E-state index in [0.29, 0.717) is 12.3 Å². The first kappa shape index (κ1) is 14.8. The zero-order chi connectivity index (χ0) is 13.1. The van der Waals surface area contributed by atoms with Crippen molar-refractivity contribution < 1.29 is 23.0 Å². The van der Waals surface area contributed by atoms with E-state index >= 15 is 0 Å². The van der Waals surface area contributed by atoms with Crippen LogP contribution in [0.15, 0.2) is 0 Å². The molecule has 0 aromatic rings. The molecule has 0 aromatic heterocycles. The zero-order valence-corrected chi connectivity index (χ0v) is 10.3. The van der Waals surface area contributed by atoms with Crippen LogP contribution in [0.4, 0.5) is 13.2 Å². The minimum Gasteiger partial charge on any atom is -0.390 e. The highest BCUT2D eigenvalue weighted by molar-refractivity contribution is 4.83. The van der Waals surface area contributed by atoms with Crippen LogP contribution in [0, 0.1) is 11.8 Å². The molecule has 1 saturated carbocycles. The number of hydrogen-bond acceptors (Lipinski definition) is 2. The molecule has 1 aliphatic carbocycles. The standard InChI is InChI=1S/C12H21F3O2/c1-8-6-9(2)11(10(16)7-8)17-5-3-4-12(13,14)15/h8-11,16H,3-7H2,1-2H3. The zero-order valence-electron chi connectivity index (χ0n) is 10.3. The van der Waals surface area contributed by atoms with E-state index in [0.717, 1.165) is 6.42 Å². The predicted octanol–water partition coefficient (Wildman–Crippen LogP) is 3.14. The molecular weight excluding hydrogens is 233 g/mol. The molecule has 0 aromatic carbocycles. The maximum absolute atomic E-state index is 11.9. The van der Waals surface area contributed by atoms with E-state index < -0.39 is 18.7 Å². The fourth-order valence-electron chi connectivity index (χ4n) is 2.56. The van der Waals surface area contributed by atoms with Gasteiger partial charge in [0.25, 0.3) is 0 Å². The molecule has 0 radical (unpaired) electrons. The van der Waals surface area contributed by atoms with Gasteiger partial charge >= 0.3 is 6.18 Å². The van der Waals surface area contributed by atoms with Gasteiger partial charge in [-0.05, 0) is 31.1 Å². The van der Waals surface area contributed by atoms with Gasteiger partial charge in [-0.3, -0.25) is 0 Å². The molecule has 0 heterocycles.